The van der Waals surface area contributed by atoms with Crippen LogP contribution in [-0.2, 0) is 10.2 Å². The summed E-state index contributed by atoms with van der Waals surface area (Å²) in [7, 11) is 2.06. The van der Waals surface area contributed by atoms with Crippen molar-refractivity contribution < 1.29 is 4.74 Å². The van der Waals surface area contributed by atoms with Gasteiger partial charge in [0.2, 0.25) is 0 Å². The second-order valence-electron chi connectivity index (χ2n) is 5.80. The van der Waals surface area contributed by atoms with Gasteiger partial charge in [0.15, 0.2) is 0 Å². The Labute approximate surface area is 111 Å². The average Bonchev–Trinajstić information content (AvgIpc) is 2.89. The van der Waals surface area contributed by atoms with Gasteiger partial charge in [-0.15, -0.1) is 0 Å². The molecule has 1 aliphatic heterocycles. The minimum Gasteiger partial charge on any atom is -0.378 e. The molecule has 0 amide bonds. The molecule has 18 heavy (non-hydrogen) atoms. The Morgan fingerprint density at radius 1 is 1.33 bits per heavy atom. The Bertz CT molecular complexity index is 355. The third kappa shape index (κ3) is 2.93. The van der Waals surface area contributed by atoms with Gasteiger partial charge in [0.05, 0.1) is 6.10 Å². The van der Waals surface area contributed by atoms with E-state index < -0.39 is 0 Å². The van der Waals surface area contributed by atoms with Crippen molar-refractivity contribution in [2.45, 2.75) is 50.7 Å². The van der Waals surface area contributed by atoms with Gasteiger partial charge in [-0.1, -0.05) is 44.2 Å². The fourth-order valence-corrected chi connectivity index (χ4v) is 2.94. The van der Waals surface area contributed by atoms with Gasteiger partial charge < -0.3 is 10.1 Å². The largest absolute Gasteiger partial charge is 0.378 e. The maximum absolute atomic E-state index is 5.78. The predicted molar refractivity (Wildman–Crippen MR) is 75.9 cm³/mol. The number of likely N-dealkylation sites (N-methyl/N-ethyl adjacent to an activating group) is 1. The topological polar surface area (TPSA) is 21.3 Å². The Kier molecular flexibility index (Phi) is 4.41. The molecule has 0 radical (unpaired) electrons. The van der Waals surface area contributed by atoms with Crippen molar-refractivity contribution in [1.29, 1.82) is 0 Å². The summed E-state index contributed by atoms with van der Waals surface area (Å²) in [6.45, 7) is 5.57. The first-order chi connectivity index (χ1) is 8.64. The zero-order valence-electron chi connectivity index (χ0n) is 11.8. The van der Waals surface area contributed by atoms with Crippen LogP contribution in [0, 0.1) is 0 Å². The van der Waals surface area contributed by atoms with Crippen LogP contribution in [0.5, 0.6) is 0 Å². The molecule has 1 aromatic carbocycles. The highest BCUT2D eigenvalue weighted by Crippen LogP contribution is 2.31. The van der Waals surface area contributed by atoms with Gasteiger partial charge in [0.25, 0.3) is 0 Å². The molecule has 2 atom stereocenters. The van der Waals surface area contributed by atoms with Gasteiger partial charge in [-0.3, -0.25) is 0 Å². The van der Waals surface area contributed by atoms with Crippen molar-refractivity contribution in [1.82, 2.24) is 5.32 Å². The van der Waals surface area contributed by atoms with Crippen molar-refractivity contribution in [3.05, 3.63) is 35.9 Å². The molecule has 2 unspecified atom stereocenters. The molecule has 2 rings (SSSR count). The molecule has 2 nitrogen and oxygen atoms in total. The molecule has 1 saturated heterocycles. The van der Waals surface area contributed by atoms with Crippen LogP contribution in [0.25, 0.3) is 0 Å². The van der Waals surface area contributed by atoms with E-state index in [2.05, 4.69) is 56.5 Å². The van der Waals surface area contributed by atoms with Crippen LogP contribution in [0.4, 0.5) is 0 Å². The molecule has 100 valence electrons. The van der Waals surface area contributed by atoms with Crippen molar-refractivity contribution in [3.63, 3.8) is 0 Å². The molecule has 1 aliphatic rings. The van der Waals surface area contributed by atoms with Crippen molar-refractivity contribution in [2.75, 3.05) is 13.7 Å². The SMILES string of the molecule is CNC(CC1CCCO1)C(C)(C)c1ccccc1. The lowest BCUT2D eigenvalue weighted by molar-refractivity contribution is 0.0866. The van der Waals surface area contributed by atoms with Gasteiger partial charge in [0, 0.05) is 18.1 Å². The summed E-state index contributed by atoms with van der Waals surface area (Å²) < 4.78 is 5.78. The number of rotatable bonds is 5. The standard InChI is InChI=1S/C16H25NO/c1-16(2,13-8-5-4-6-9-13)15(17-3)12-14-10-7-11-18-14/h4-6,8-9,14-15,17H,7,10-12H2,1-3H3. The zero-order chi connectivity index (χ0) is 13.0. The lowest BCUT2D eigenvalue weighted by Crippen LogP contribution is -2.45. The molecule has 1 aromatic rings. The monoisotopic (exact) mass is 247 g/mol. The zero-order valence-corrected chi connectivity index (χ0v) is 11.8. The molecule has 0 saturated carbocycles. The van der Waals surface area contributed by atoms with Gasteiger partial charge >= 0.3 is 0 Å². The molecule has 1 N–H and O–H groups in total. The summed E-state index contributed by atoms with van der Waals surface area (Å²) >= 11 is 0. The summed E-state index contributed by atoms with van der Waals surface area (Å²) in [5.41, 5.74) is 1.52. The lowest BCUT2D eigenvalue weighted by Gasteiger charge is -2.36. The lowest BCUT2D eigenvalue weighted by atomic mass is 9.75. The summed E-state index contributed by atoms with van der Waals surface area (Å²) in [5, 5.41) is 3.49. The summed E-state index contributed by atoms with van der Waals surface area (Å²) in [6.07, 6.45) is 3.96. The van der Waals surface area contributed by atoms with Crippen LogP contribution in [0.1, 0.15) is 38.7 Å². The maximum Gasteiger partial charge on any atom is 0.0591 e. The molecule has 0 aromatic heterocycles. The molecule has 0 aliphatic carbocycles. The first kappa shape index (κ1) is 13.6. The van der Waals surface area contributed by atoms with E-state index in [-0.39, 0.29) is 5.41 Å². The van der Waals surface area contributed by atoms with E-state index >= 15 is 0 Å². The van der Waals surface area contributed by atoms with Crippen molar-refractivity contribution >= 4 is 0 Å². The molecule has 0 spiro atoms. The van der Waals surface area contributed by atoms with E-state index in [9.17, 15) is 0 Å². The van der Waals surface area contributed by atoms with Crippen LogP contribution in [0.15, 0.2) is 30.3 Å². The molecule has 1 heterocycles. The third-order valence-corrected chi connectivity index (χ3v) is 4.26. The van der Waals surface area contributed by atoms with Crippen molar-refractivity contribution in [3.8, 4) is 0 Å². The Balaban J connectivity index is 2.10. The van der Waals surface area contributed by atoms with Crippen molar-refractivity contribution in [2.24, 2.45) is 0 Å². The van der Waals surface area contributed by atoms with Crippen LogP contribution < -0.4 is 5.32 Å². The normalized spacial score (nSPS) is 22.1. The minimum absolute atomic E-state index is 0.127. The Morgan fingerprint density at radius 3 is 2.61 bits per heavy atom. The summed E-state index contributed by atoms with van der Waals surface area (Å²) in [4.78, 5) is 0. The van der Waals surface area contributed by atoms with Gasteiger partial charge in [0.1, 0.15) is 0 Å². The van der Waals surface area contributed by atoms with E-state index in [0.717, 1.165) is 13.0 Å². The van der Waals surface area contributed by atoms with E-state index in [1.807, 2.05) is 0 Å². The molecule has 2 heteroatoms. The summed E-state index contributed by atoms with van der Waals surface area (Å²) in [5.74, 6) is 0. The van der Waals surface area contributed by atoms with Gasteiger partial charge in [-0.05, 0) is 31.9 Å². The number of benzene rings is 1. The average molecular weight is 247 g/mol. The second kappa shape index (κ2) is 5.85. The van der Waals surface area contributed by atoms with Crippen LogP contribution in [0.3, 0.4) is 0 Å². The van der Waals surface area contributed by atoms with Gasteiger partial charge in [-0.25, -0.2) is 0 Å². The molecular formula is C16H25NO. The number of hydrogen-bond donors (Lipinski definition) is 1. The Morgan fingerprint density at radius 2 is 2.06 bits per heavy atom. The fourth-order valence-electron chi connectivity index (χ4n) is 2.94. The molecule has 1 fully saturated rings. The van der Waals surface area contributed by atoms with E-state index in [1.165, 1.54) is 18.4 Å². The quantitative estimate of drug-likeness (QED) is 0.863. The predicted octanol–water partition coefficient (Wildman–Crippen LogP) is 3.12. The highest BCUT2D eigenvalue weighted by molar-refractivity contribution is 5.25. The fraction of sp³-hybridized carbons (Fsp3) is 0.625. The molecular weight excluding hydrogens is 222 g/mol. The highest BCUT2D eigenvalue weighted by atomic mass is 16.5. The van der Waals surface area contributed by atoms with Crippen LogP contribution in [0.2, 0.25) is 0 Å². The highest BCUT2D eigenvalue weighted by Gasteiger charge is 2.33. The van der Waals surface area contributed by atoms with E-state index in [0.29, 0.717) is 12.1 Å². The smallest absolute Gasteiger partial charge is 0.0591 e. The molecule has 0 bridgehead atoms. The first-order valence-electron chi connectivity index (χ1n) is 6.99. The number of nitrogens with one attached hydrogen (secondary N) is 1. The van der Waals surface area contributed by atoms with E-state index in [1.54, 1.807) is 0 Å². The van der Waals surface area contributed by atoms with Gasteiger partial charge in [-0.2, -0.15) is 0 Å². The minimum atomic E-state index is 0.127. The second-order valence-corrected chi connectivity index (χ2v) is 5.80. The van der Waals surface area contributed by atoms with Crippen LogP contribution in [-0.4, -0.2) is 25.8 Å². The third-order valence-electron chi connectivity index (χ3n) is 4.26. The first-order valence-corrected chi connectivity index (χ1v) is 6.99. The number of ether oxygens (including phenoxy) is 1. The summed E-state index contributed by atoms with van der Waals surface area (Å²) in [6, 6.07) is 11.2. The maximum atomic E-state index is 5.78. The van der Waals surface area contributed by atoms with E-state index in [4.69, 9.17) is 4.74 Å². The Hall–Kier alpha value is -0.860. The van der Waals surface area contributed by atoms with Crippen LogP contribution >= 0.6 is 0 Å². The number of hydrogen-bond acceptors (Lipinski definition) is 2.